The van der Waals surface area contributed by atoms with Crippen LogP contribution in [0.25, 0.3) is 0 Å². The molecule has 0 aromatic heterocycles. The van der Waals surface area contributed by atoms with E-state index in [9.17, 15) is 0 Å². The summed E-state index contributed by atoms with van der Waals surface area (Å²) in [4.78, 5) is 2.56. The van der Waals surface area contributed by atoms with Gasteiger partial charge in [0.2, 0.25) is 0 Å². The van der Waals surface area contributed by atoms with E-state index in [2.05, 4.69) is 30.1 Å². The van der Waals surface area contributed by atoms with Crippen LogP contribution < -0.4 is 5.32 Å². The topological polar surface area (TPSA) is 15.3 Å². The molecular formula is C17H26Cl2N2. The van der Waals surface area contributed by atoms with Gasteiger partial charge in [0.1, 0.15) is 0 Å². The Morgan fingerprint density at radius 1 is 1.38 bits per heavy atom. The van der Waals surface area contributed by atoms with Crippen molar-refractivity contribution in [3.05, 3.63) is 33.8 Å². The maximum Gasteiger partial charge on any atom is 0.0640 e. The summed E-state index contributed by atoms with van der Waals surface area (Å²) in [5.74, 6) is 0.835. The summed E-state index contributed by atoms with van der Waals surface area (Å²) in [6, 6.07) is 6.22. The number of halogens is 2. The molecule has 0 amide bonds. The zero-order valence-corrected chi connectivity index (χ0v) is 14.6. The molecule has 1 aromatic rings. The fourth-order valence-electron chi connectivity index (χ4n) is 3.02. The molecule has 118 valence electrons. The third kappa shape index (κ3) is 4.85. The molecule has 2 atom stereocenters. The van der Waals surface area contributed by atoms with Crippen LogP contribution in [0.2, 0.25) is 10.0 Å². The number of nitrogens with zero attached hydrogens (tertiary/aromatic N) is 1. The largest absolute Gasteiger partial charge is 0.310 e. The Kier molecular flexibility index (Phi) is 6.81. The number of hydrogen-bond acceptors (Lipinski definition) is 2. The molecule has 2 nitrogen and oxygen atoms in total. The van der Waals surface area contributed by atoms with Crippen LogP contribution in [0.5, 0.6) is 0 Å². The molecule has 0 radical (unpaired) electrons. The first-order chi connectivity index (χ1) is 10.1. The second-order valence-electron chi connectivity index (χ2n) is 6.13. The van der Waals surface area contributed by atoms with Crippen molar-refractivity contribution in [2.75, 3.05) is 26.2 Å². The van der Waals surface area contributed by atoms with E-state index < -0.39 is 0 Å². The van der Waals surface area contributed by atoms with Crippen molar-refractivity contribution in [3.8, 4) is 0 Å². The highest BCUT2D eigenvalue weighted by molar-refractivity contribution is 6.42. The smallest absolute Gasteiger partial charge is 0.0640 e. The first-order valence-electron chi connectivity index (χ1n) is 8.01. The van der Waals surface area contributed by atoms with Crippen LogP contribution in [0.3, 0.4) is 0 Å². The highest BCUT2D eigenvalue weighted by Gasteiger charge is 2.21. The van der Waals surface area contributed by atoms with Crippen LogP contribution in [0.1, 0.15) is 44.7 Å². The minimum atomic E-state index is 0.284. The van der Waals surface area contributed by atoms with Crippen molar-refractivity contribution < 1.29 is 0 Å². The third-order valence-corrected chi connectivity index (χ3v) is 5.07. The van der Waals surface area contributed by atoms with Crippen molar-refractivity contribution in [1.82, 2.24) is 10.2 Å². The molecule has 0 saturated carbocycles. The van der Waals surface area contributed by atoms with E-state index in [1.54, 1.807) is 0 Å². The van der Waals surface area contributed by atoms with Crippen molar-refractivity contribution in [2.45, 2.75) is 39.2 Å². The standard InChI is InChI=1S/C17H26Cl2N2/c1-3-9-20-16(8-11-21-10-7-13(2)12-21)14-5-4-6-15(18)17(14)19/h4-6,13,16,20H,3,7-12H2,1-2H3. The molecule has 0 bridgehead atoms. The van der Waals surface area contributed by atoms with Gasteiger partial charge in [-0.1, -0.05) is 49.2 Å². The normalized spacial score (nSPS) is 20.9. The first-order valence-corrected chi connectivity index (χ1v) is 8.77. The summed E-state index contributed by atoms with van der Waals surface area (Å²) in [7, 11) is 0. The van der Waals surface area contributed by atoms with Gasteiger partial charge in [0.25, 0.3) is 0 Å². The molecule has 1 fully saturated rings. The summed E-state index contributed by atoms with van der Waals surface area (Å²) in [5.41, 5.74) is 1.13. The molecule has 2 rings (SSSR count). The summed E-state index contributed by atoms with van der Waals surface area (Å²) in [6.45, 7) is 9.10. The SMILES string of the molecule is CCCNC(CCN1CCC(C)C1)c1cccc(Cl)c1Cl. The van der Waals surface area contributed by atoms with E-state index in [-0.39, 0.29) is 6.04 Å². The van der Waals surface area contributed by atoms with Crippen molar-refractivity contribution >= 4 is 23.2 Å². The Hall–Kier alpha value is -0.280. The zero-order chi connectivity index (χ0) is 15.2. The van der Waals surface area contributed by atoms with E-state index in [1.807, 2.05) is 12.1 Å². The van der Waals surface area contributed by atoms with Crippen LogP contribution in [-0.2, 0) is 0 Å². The Labute approximate surface area is 138 Å². The molecule has 1 N–H and O–H groups in total. The van der Waals surface area contributed by atoms with E-state index in [0.29, 0.717) is 10.0 Å². The summed E-state index contributed by atoms with van der Waals surface area (Å²) in [6.07, 6.45) is 3.52. The van der Waals surface area contributed by atoms with Gasteiger partial charge in [-0.15, -0.1) is 0 Å². The predicted octanol–water partition coefficient (Wildman–Crippen LogP) is 4.77. The summed E-state index contributed by atoms with van der Waals surface area (Å²) >= 11 is 12.6. The average molecular weight is 329 g/mol. The Morgan fingerprint density at radius 3 is 2.86 bits per heavy atom. The third-order valence-electron chi connectivity index (χ3n) is 4.24. The van der Waals surface area contributed by atoms with Gasteiger partial charge in [0.05, 0.1) is 10.0 Å². The maximum atomic E-state index is 6.40. The van der Waals surface area contributed by atoms with Crippen molar-refractivity contribution in [2.24, 2.45) is 5.92 Å². The molecule has 1 aliphatic heterocycles. The second-order valence-corrected chi connectivity index (χ2v) is 6.92. The van der Waals surface area contributed by atoms with Gasteiger partial charge in [-0.2, -0.15) is 0 Å². The Bertz CT molecular complexity index is 450. The van der Waals surface area contributed by atoms with Crippen LogP contribution in [0.15, 0.2) is 18.2 Å². The maximum absolute atomic E-state index is 6.40. The van der Waals surface area contributed by atoms with Gasteiger partial charge in [-0.05, 0) is 56.4 Å². The zero-order valence-electron chi connectivity index (χ0n) is 13.0. The average Bonchev–Trinajstić information content (AvgIpc) is 2.88. The molecule has 1 saturated heterocycles. The van der Waals surface area contributed by atoms with Gasteiger partial charge in [-0.3, -0.25) is 0 Å². The highest BCUT2D eigenvalue weighted by atomic mass is 35.5. The number of nitrogens with one attached hydrogen (secondary N) is 1. The fraction of sp³-hybridized carbons (Fsp3) is 0.647. The second kappa shape index (κ2) is 8.38. The molecule has 1 aromatic carbocycles. The van der Waals surface area contributed by atoms with Gasteiger partial charge in [0, 0.05) is 12.6 Å². The van der Waals surface area contributed by atoms with Gasteiger partial charge in [0.15, 0.2) is 0 Å². The molecule has 0 aliphatic carbocycles. The van der Waals surface area contributed by atoms with E-state index in [0.717, 1.165) is 37.4 Å². The number of rotatable bonds is 7. The minimum absolute atomic E-state index is 0.284. The lowest BCUT2D eigenvalue weighted by Gasteiger charge is -2.24. The Balaban J connectivity index is 2.01. The van der Waals surface area contributed by atoms with Crippen molar-refractivity contribution in [3.63, 3.8) is 0 Å². The van der Waals surface area contributed by atoms with Crippen LogP contribution in [0, 0.1) is 5.92 Å². The van der Waals surface area contributed by atoms with E-state index in [1.165, 1.54) is 19.5 Å². The molecule has 1 heterocycles. The fourth-order valence-corrected chi connectivity index (χ4v) is 3.46. The molecule has 1 aliphatic rings. The predicted molar refractivity (Wildman–Crippen MR) is 92.3 cm³/mol. The lowest BCUT2D eigenvalue weighted by molar-refractivity contribution is 0.302. The molecule has 4 heteroatoms. The highest BCUT2D eigenvalue weighted by Crippen LogP contribution is 2.31. The van der Waals surface area contributed by atoms with Crippen molar-refractivity contribution in [1.29, 1.82) is 0 Å². The summed E-state index contributed by atoms with van der Waals surface area (Å²) in [5, 5.41) is 4.96. The first kappa shape index (κ1) is 17.1. The van der Waals surface area contributed by atoms with E-state index in [4.69, 9.17) is 23.2 Å². The van der Waals surface area contributed by atoms with Gasteiger partial charge in [-0.25, -0.2) is 0 Å². The van der Waals surface area contributed by atoms with Gasteiger partial charge < -0.3 is 10.2 Å². The quantitative estimate of drug-likeness (QED) is 0.775. The number of hydrogen-bond donors (Lipinski definition) is 1. The Morgan fingerprint density at radius 2 is 2.19 bits per heavy atom. The number of benzene rings is 1. The van der Waals surface area contributed by atoms with Crippen LogP contribution in [-0.4, -0.2) is 31.1 Å². The molecule has 0 spiro atoms. The molecule has 21 heavy (non-hydrogen) atoms. The molecule has 2 unspecified atom stereocenters. The lowest BCUT2D eigenvalue weighted by atomic mass is 10.0. The van der Waals surface area contributed by atoms with Gasteiger partial charge >= 0.3 is 0 Å². The number of likely N-dealkylation sites (tertiary alicyclic amines) is 1. The minimum Gasteiger partial charge on any atom is -0.310 e. The van der Waals surface area contributed by atoms with E-state index >= 15 is 0 Å². The lowest BCUT2D eigenvalue weighted by Crippen LogP contribution is -2.29. The van der Waals surface area contributed by atoms with Crippen LogP contribution >= 0.6 is 23.2 Å². The van der Waals surface area contributed by atoms with Crippen LogP contribution in [0.4, 0.5) is 0 Å². The summed E-state index contributed by atoms with van der Waals surface area (Å²) < 4.78 is 0. The molecular weight excluding hydrogens is 303 g/mol. The monoisotopic (exact) mass is 328 g/mol.